The van der Waals surface area contributed by atoms with Gasteiger partial charge in [0.2, 0.25) is 0 Å². The molecule has 0 atom stereocenters. The molecule has 0 heterocycles. The molecule has 0 N–H and O–H groups in total. The van der Waals surface area contributed by atoms with Gasteiger partial charge in [0, 0.05) is 5.02 Å². The Balaban J connectivity index is -0.000000300. The van der Waals surface area contributed by atoms with Gasteiger partial charge < -0.3 is 0 Å². The lowest BCUT2D eigenvalue weighted by Crippen LogP contribution is -2.13. The Morgan fingerprint density at radius 3 is 1.19 bits per heavy atom. The molecule has 3 aromatic carbocycles. The SMILES string of the molecule is CC(C)CC1CCC(C)CC1.CC(C)Cc1ccc(Cl)cc1.CCC.CCC.CCC.CCC.Cc1ccc(CC(C)C)c(F)c1.Cc1ccc(CC(C)C)cc1. The zero-order valence-electron chi connectivity index (χ0n) is 41.6. The summed E-state index contributed by atoms with van der Waals surface area (Å²) in [6.45, 7) is 41.2. The highest BCUT2D eigenvalue weighted by atomic mass is 35.5. The molecule has 332 valence electrons. The van der Waals surface area contributed by atoms with E-state index in [1.165, 1.54) is 80.9 Å². The Bertz CT molecular complexity index is 1150. The third-order valence-electron chi connectivity index (χ3n) is 8.10. The van der Waals surface area contributed by atoms with Crippen LogP contribution >= 0.6 is 11.6 Å². The van der Waals surface area contributed by atoms with Crippen LogP contribution in [-0.4, -0.2) is 0 Å². The van der Waals surface area contributed by atoms with Crippen LogP contribution in [0, 0.1) is 55.2 Å². The lowest BCUT2D eigenvalue weighted by atomic mass is 9.79. The van der Waals surface area contributed by atoms with Crippen LogP contribution in [0.15, 0.2) is 66.7 Å². The van der Waals surface area contributed by atoms with Gasteiger partial charge in [0.1, 0.15) is 5.82 Å². The van der Waals surface area contributed by atoms with Crippen molar-refractivity contribution >= 4 is 11.6 Å². The molecule has 0 bridgehead atoms. The summed E-state index contributed by atoms with van der Waals surface area (Å²) in [7, 11) is 0. The molecule has 0 aromatic heterocycles. The van der Waals surface area contributed by atoms with Gasteiger partial charge in [0.25, 0.3) is 0 Å². The Morgan fingerprint density at radius 1 is 0.509 bits per heavy atom. The van der Waals surface area contributed by atoms with Crippen LogP contribution in [0.1, 0.15) is 203 Å². The largest absolute Gasteiger partial charge is 0.207 e. The molecule has 2 heteroatoms. The first-order chi connectivity index (χ1) is 26.8. The van der Waals surface area contributed by atoms with E-state index in [1.807, 2.05) is 31.2 Å². The van der Waals surface area contributed by atoms with Gasteiger partial charge in [-0.2, -0.15) is 0 Å². The third-order valence-corrected chi connectivity index (χ3v) is 8.35. The molecular formula is C55H98ClF. The number of hydrogen-bond donors (Lipinski definition) is 0. The molecular weight excluding hydrogens is 715 g/mol. The van der Waals surface area contributed by atoms with Crippen molar-refractivity contribution in [2.24, 2.45) is 35.5 Å². The molecule has 1 aliphatic carbocycles. The minimum Gasteiger partial charge on any atom is -0.207 e. The summed E-state index contributed by atoms with van der Waals surface area (Å²) < 4.78 is 13.2. The second-order valence-electron chi connectivity index (χ2n) is 18.1. The molecule has 4 rings (SSSR count). The second-order valence-corrected chi connectivity index (χ2v) is 18.5. The van der Waals surface area contributed by atoms with E-state index in [2.05, 4.69) is 161 Å². The van der Waals surface area contributed by atoms with Crippen molar-refractivity contribution in [3.8, 4) is 0 Å². The standard InChI is InChI=1S/C11H15F.C11H22.C11H16.C10H13Cl.4C3H8/c1-8(2)6-10-5-4-9(3)7-11(10)12;2*1-9(2)8-11-6-4-10(3)5-7-11;1-8(2)7-9-3-5-10(11)6-4-9;4*1-3-2/h4-5,7-8H,6H2,1-3H3;9-11H,4-8H2,1-3H3;4-7,9H,8H2,1-3H3;3-6,8H,7H2,1-2H3;4*3H2,1-2H3. The van der Waals surface area contributed by atoms with Crippen molar-refractivity contribution in [3.63, 3.8) is 0 Å². The van der Waals surface area contributed by atoms with Crippen LogP contribution in [0.4, 0.5) is 4.39 Å². The summed E-state index contributed by atoms with van der Waals surface area (Å²) >= 11 is 5.75. The van der Waals surface area contributed by atoms with Crippen LogP contribution in [-0.2, 0) is 19.3 Å². The average molecular weight is 814 g/mol. The molecule has 0 radical (unpaired) electrons. The van der Waals surface area contributed by atoms with Gasteiger partial charge in [-0.05, 0) is 115 Å². The fraction of sp³-hybridized carbons (Fsp3) is 0.673. The lowest BCUT2D eigenvalue weighted by Gasteiger charge is -2.27. The zero-order chi connectivity index (χ0) is 44.8. The summed E-state index contributed by atoms with van der Waals surface area (Å²) in [5.74, 6) is 4.91. The summed E-state index contributed by atoms with van der Waals surface area (Å²) in [6, 6.07) is 22.3. The van der Waals surface area contributed by atoms with Crippen molar-refractivity contribution in [1.82, 2.24) is 0 Å². The molecule has 57 heavy (non-hydrogen) atoms. The third kappa shape index (κ3) is 44.8. The number of rotatable bonds is 8. The number of benzene rings is 3. The normalized spacial score (nSPS) is 13.9. The summed E-state index contributed by atoms with van der Waals surface area (Å²) in [4.78, 5) is 0. The highest BCUT2D eigenvalue weighted by Gasteiger charge is 2.18. The van der Waals surface area contributed by atoms with Gasteiger partial charge >= 0.3 is 0 Å². The van der Waals surface area contributed by atoms with E-state index in [1.54, 1.807) is 6.07 Å². The maximum atomic E-state index is 13.2. The predicted octanol–water partition coefficient (Wildman–Crippen LogP) is 19.6. The number of aryl methyl sites for hydroxylation is 2. The van der Waals surface area contributed by atoms with Crippen molar-refractivity contribution < 1.29 is 4.39 Å². The van der Waals surface area contributed by atoms with E-state index in [9.17, 15) is 4.39 Å². The van der Waals surface area contributed by atoms with E-state index in [4.69, 9.17) is 11.6 Å². The molecule has 0 saturated heterocycles. The number of halogens is 2. The van der Waals surface area contributed by atoms with E-state index in [0.29, 0.717) is 5.92 Å². The fourth-order valence-electron chi connectivity index (χ4n) is 5.78. The Morgan fingerprint density at radius 2 is 0.860 bits per heavy atom. The van der Waals surface area contributed by atoms with Crippen molar-refractivity contribution in [2.45, 2.75) is 209 Å². The maximum absolute atomic E-state index is 13.2. The molecule has 0 aliphatic heterocycles. The molecule has 0 spiro atoms. The monoisotopic (exact) mass is 813 g/mol. The Kier molecular flexibility index (Phi) is 45.4. The van der Waals surface area contributed by atoms with Gasteiger partial charge in [-0.15, -0.1) is 0 Å². The molecule has 1 fully saturated rings. The summed E-state index contributed by atoms with van der Waals surface area (Å²) in [6.07, 6.45) is 15.6. The topological polar surface area (TPSA) is 0 Å². The highest BCUT2D eigenvalue weighted by molar-refractivity contribution is 6.30. The van der Waals surface area contributed by atoms with Crippen LogP contribution in [0.3, 0.4) is 0 Å². The minimum atomic E-state index is -0.0660. The van der Waals surface area contributed by atoms with Crippen LogP contribution < -0.4 is 0 Å². The minimum absolute atomic E-state index is 0.0660. The lowest BCUT2D eigenvalue weighted by molar-refractivity contribution is 0.256. The average Bonchev–Trinajstić information content (AvgIpc) is 3.11. The van der Waals surface area contributed by atoms with Gasteiger partial charge in [0.05, 0.1) is 0 Å². The molecule has 1 saturated carbocycles. The maximum Gasteiger partial charge on any atom is 0.126 e. The first-order valence-corrected chi connectivity index (χ1v) is 23.7. The van der Waals surface area contributed by atoms with E-state index >= 15 is 0 Å². The van der Waals surface area contributed by atoms with E-state index in [-0.39, 0.29) is 5.82 Å². The summed E-state index contributed by atoms with van der Waals surface area (Å²) in [5, 5.41) is 0.817. The first-order valence-electron chi connectivity index (χ1n) is 23.3. The molecule has 3 aromatic rings. The van der Waals surface area contributed by atoms with Crippen molar-refractivity contribution in [3.05, 3.63) is 105 Å². The molecule has 1 aliphatic rings. The first kappa shape index (κ1) is 61.5. The Labute approximate surface area is 364 Å². The van der Waals surface area contributed by atoms with Crippen LogP contribution in [0.25, 0.3) is 0 Å². The van der Waals surface area contributed by atoms with Crippen molar-refractivity contribution in [2.75, 3.05) is 0 Å². The fourth-order valence-corrected chi connectivity index (χ4v) is 5.90. The summed E-state index contributed by atoms with van der Waals surface area (Å²) in [5.41, 5.74) is 5.98. The quantitative estimate of drug-likeness (QED) is 0.213. The molecule has 0 nitrogen and oxygen atoms in total. The van der Waals surface area contributed by atoms with Gasteiger partial charge in [-0.3, -0.25) is 0 Å². The van der Waals surface area contributed by atoms with Crippen molar-refractivity contribution in [1.29, 1.82) is 0 Å². The van der Waals surface area contributed by atoms with E-state index < -0.39 is 0 Å². The van der Waals surface area contributed by atoms with Crippen LogP contribution in [0.5, 0.6) is 0 Å². The van der Waals surface area contributed by atoms with E-state index in [0.717, 1.165) is 58.6 Å². The van der Waals surface area contributed by atoms with Gasteiger partial charge in [0.15, 0.2) is 0 Å². The predicted molar refractivity (Wildman–Crippen MR) is 264 cm³/mol. The number of hydrogen-bond acceptors (Lipinski definition) is 0. The smallest absolute Gasteiger partial charge is 0.126 e. The zero-order valence-corrected chi connectivity index (χ0v) is 42.3. The van der Waals surface area contributed by atoms with Crippen LogP contribution in [0.2, 0.25) is 5.02 Å². The van der Waals surface area contributed by atoms with Gasteiger partial charge in [-0.1, -0.05) is 235 Å². The molecule has 0 unspecified atom stereocenters. The Hall–Kier alpha value is -2.12. The second kappa shape index (κ2) is 42.0. The highest BCUT2D eigenvalue weighted by Crippen LogP contribution is 2.32. The molecule has 0 amide bonds. The van der Waals surface area contributed by atoms with Gasteiger partial charge in [-0.25, -0.2) is 4.39 Å².